The van der Waals surface area contributed by atoms with Crippen LogP contribution in [0.15, 0.2) is 35.4 Å². The summed E-state index contributed by atoms with van der Waals surface area (Å²) in [4.78, 5) is 2.75. The van der Waals surface area contributed by atoms with Crippen molar-refractivity contribution >= 4 is 9.84 Å². The van der Waals surface area contributed by atoms with Crippen LogP contribution in [0.4, 0.5) is 0 Å². The van der Waals surface area contributed by atoms with E-state index in [9.17, 15) is 8.42 Å². The highest BCUT2D eigenvalue weighted by Crippen LogP contribution is 2.30. The molecule has 0 radical (unpaired) electrons. The topological polar surface area (TPSA) is 66.1 Å². The van der Waals surface area contributed by atoms with Gasteiger partial charge in [-0.25, -0.2) is 8.42 Å². The largest absolute Gasteiger partial charge is 0.298 e. The van der Waals surface area contributed by atoms with Gasteiger partial charge in [0.05, 0.1) is 11.9 Å². The average molecular weight is 333 g/mol. The summed E-state index contributed by atoms with van der Waals surface area (Å²) in [7, 11) is -3.23. The van der Waals surface area contributed by atoms with Gasteiger partial charge in [0, 0.05) is 25.3 Å². The fraction of sp³-hybridized carbons (Fsp3) is 0.471. The van der Waals surface area contributed by atoms with Crippen molar-refractivity contribution in [1.29, 1.82) is 0 Å². The molecule has 1 aliphatic rings. The lowest BCUT2D eigenvalue weighted by Crippen LogP contribution is -2.34. The Morgan fingerprint density at radius 2 is 2.22 bits per heavy atom. The molecule has 1 aromatic carbocycles. The van der Waals surface area contributed by atoms with E-state index in [0.29, 0.717) is 4.90 Å². The van der Waals surface area contributed by atoms with Crippen molar-refractivity contribution in [3.8, 4) is 0 Å². The van der Waals surface area contributed by atoms with E-state index in [1.807, 2.05) is 0 Å². The maximum atomic E-state index is 11.9. The molecule has 1 atom stereocenters. The molecule has 23 heavy (non-hydrogen) atoms. The molecule has 1 aromatic heterocycles. The lowest BCUT2D eigenvalue weighted by Gasteiger charge is -2.32. The molecule has 3 rings (SSSR count). The second-order valence-electron chi connectivity index (χ2n) is 6.48. The number of hydrogen-bond acceptors (Lipinski definition) is 4. The maximum Gasteiger partial charge on any atom is 0.178 e. The summed E-state index contributed by atoms with van der Waals surface area (Å²) in [6, 6.07) is 8.55. The molecular weight excluding hydrogens is 310 g/mol. The van der Waals surface area contributed by atoms with Crippen LogP contribution in [0.1, 0.15) is 35.6 Å². The van der Waals surface area contributed by atoms with Crippen LogP contribution in [0.3, 0.4) is 0 Å². The molecule has 0 spiro atoms. The van der Waals surface area contributed by atoms with E-state index in [0.717, 1.165) is 38.2 Å². The fourth-order valence-corrected chi connectivity index (χ4v) is 4.23. The van der Waals surface area contributed by atoms with E-state index in [-0.39, 0.29) is 5.92 Å². The monoisotopic (exact) mass is 333 g/mol. The molecule has 2 heterocycles. The number of sulfone groups is 1. The van der Waals surface area contributed by atoms with Crippen LogP contribution in [0.2, 0.25) is 0 Å². The number of rotatable bonds is 4. The zero-order valence-electron chi connectivity index (χ0n) is 13.6. The molecule has 1 saturated heterocycles. The molecule has 2 aromatic rings. The summed E-state index contributed by atoms with van der Waals surface area (Å²) in [6.07, 6.45) is 4.74. The third-order valence-corrected chi connectivity index (χ3v) is 5.56. The van der Waals surface area contributed by atoms with Crippen LogP contribution in [-0.4, -0.2) is 42.9 Å². The van der Waals surface area contributed by atoms with Gasteiger partial charge >= 0.3 is 0 Å². The van der Waals surface area contributed by atoms with Crippen LogP contribution in [0.25, 0.3) is 0 Å². The summed E-state index contributed by atoms with van der Waals surface area (Å²) in [5.74, 6) is 0.195. The molecular formula is C17H23N3O2S. The fourth-order valence-electron chi connectivity index (χ4n) is 3.38. The van der Waals surface area contributed by atoms with E-state index in [2.05, 4.69) is 46.3 Å². The highest BCUT2D eigenvalue weighted by atomic mass is 32.2. The van der Waals surface area contributed by atoms with Crippen molar-refractivity contribution in [3.05, 3.63) is 47.3 Å². The lowest BCUT2D eigenvalue weighted by molar-refractivity contribution is 0.197. The highest BCUT2D eigenvalue weighted by molar-refractivity contribution is 7.90. The molecule has 0 saturated carbocycles. The molecule has 124 valence electrons. The van der Waals surface area contributed by atoms with Gasteiger partial charge in [-0.2, -0.15) is 5.10 Å². The summed E-state index contributed by atoms with van der Waals surface area (Å²) < 4.78 is 23.8. The standard InChI is InChI=1S/C17H23N3O2S/c1-13-5-3-6-14(9-13)11-20-8-4-7-15(12-20)17-16(10-18-19-17)23(2,21)22/h3,5-6,9-10,15H,4,7-8,11-12H2,1-2H3,(H,18,19)/t15-/m1/s1. The zero-order chi connectivity index (χ0) is 16.4. The van der Waals surface area contributed by atoms with Gasteiger partial charge in [0.25, 0.3) is 0 Å². The first-order chi connectivity index (χ1) is 10.9. The third-order valence-electron chi connectivity index (χ3n) is 4.43. The number of benzene rings is 1. The number of nitrogens with one attached hydrogen (secondary N) is 1. The van der Waals surface area contributed by atoms with E-state index < -0.39 is 9.84 Å². The Balaban J connectivity index is 1.75. The van der Waals surface area contributed by atoms with Gasteiger partial charge in [0.15, 0.2) is 9.84 Å². The molecule has 6 heteroatoms. The summed E-state index contributed by atoms with van der Waals surface area (Å²) in [6.45, 7) is 4.91. The van der Waals surface area contributed by atoms with E-state index in [4.69, 9.17) is 0 Å². The number of piperidine rings is 1. The number of aryl methyl sites for hydroxylation is 1. The van der Waals surface area contributed by atoms with Crippen molar-refractivity contribution < 1.29 is 8.42 Å². The predicted molar refractivity (Wildman–Crippen MR) is 90.1 cm³/mol. The SMILES string of the molecule is Cc1cccc(CN2CCC[C@@H](c3[nH]ncc3S(C)(=O)=O)C2)c1. The minimum Gasteiger partial charge on any atom is -0.298 e. The van der Waals surface area contributed by atoms with Crippen molar-refractivity contribution in [3.63, 3.8) is 0 Å². The van der Waals surface area contributed by atoms with Crippen molar-refractivity contribution in [2.24, 2.45) is 0 Å². The number of aromatic nitrogens is 2. The minimum atomic E-state index is -3.23. The Morgan fingerprint density at radius 3 is 2.96 bits per heavy atom. The average Bonchev–Trinajstić information content (AvgIpc) is 2.97. The Morgan fingerprint density at radius 1 is 1.39 bits per heavy atom. The molecule has 1 N–H and O–H groups in total. The highest BCUT2D eigenvalue weighted by Gasteiger charge is 2.27. The number of H-pyrrole nitrogens is 1. The van der Waals surface area contributed by atoms with Crippen LogP contribution in [-0.2, 0) is 16.4 Å². The molecule has 1 fully saturated rings. The van der Waals surface area contributed by atoms with Crippen LogP contribution in [0.5, 0.6) is 0 Å². The van der Waals surface area contributed by atoms with Crippen molar-refractivity contribution in [2.75, 3.05) is 19.3 Å². The third kappa shape index (κ3) is 3.82. The first-order valence-corrected chi connectivity index (χ1v) is 9.84. The maximum absolute atomic E-state index is 11.9. The van der Waals surface area contributed by atoms with Crippen molar-refractivity contribution in [1.82, 2.24) is 15.1 Å². The van der Waals surface area contributed by atoms with Gasteiger partial charge in [-0.1, -0.05) is 29.8 Å². The Kier molecular flexibility index (Phi) is 4.55. The molecule has 0 amide bonds. The van der Waals surface area contributed by atoms with Gasteiger partial charge in [-0.05, 0) is 31.9 Å². The minimum absolute atomic E-state index is 0.195. The van der Waals surface area contributed by atoms with Crippen LogP contribution < -0.4 is 0 Å². The second kappa shape index (κ2) is 6.45. The summed E-state index contributed by atoms with van der Waals surface area (Å²) in [5, 5.41) is 6.88. The normalized spacial score (nSPS) is 19.8. The quantitative estimate of drug-likeness (QED) is 0.933. The molecule has 5 nitrogen and oxygen atoms in total. The van der Waals surface area contributed by atoms with Gasteiger partial charge in [-0.3, -0.25) is 10.00 Å². The number of hydrogen-bond donors (Lipinski definition) is 1. The van der Waals surface area contributed by atoms with Crippen molar-refractivity contribution in [2.45, 2.75) is 37.1 Å². The Hall–Kier alpha value is -1.66. The zero-order valence-corrected chi connectivity index (χ0v) is 14.4. The Labute approximate surface area is 137 Å². The number of likely N-dealkylation sites (tertiary alicyclic amines) is 1. The van der Waals surface area contributed by atoms with Gasteiger partial charge in [0.2, 0.25) is 0 Å². The smallest absolute Gasteiger partial charge is 0.178 e. The first kappa shape index (κ1) is 16.2. The molecule has 0 bridgehead atoms. The van der Waals surface area contributed by atoms with E-state index in [1.165, 1.54) is 23.6 Å². The molecule has 0 unspecified atom stereocenters. The predicted octanol–water partition coefficient (Wildman–Crippen LogP) is 2.50. The van der Waals surface area contributed by atoms with E-state index >= 15 is 0 Å². The summed E-state index contributed by atoms with van der Waals surface area (Å²) in [5.41, 5.74) is 3.34. The van der Waals surface area contributed by atoms with Gasteiger partial charge in [-0.15, -0.1) is 0 Å². The van der Waals surface area contributed by atoms with Gasteiger partial charge < -0.3 is 0 Å². The Bertz CT molecular complexity index is 783. The first-order valence-electron chi connectivity index (χ1n) is 7.94. The number of aromatic amines is 1. The van der Waals surface area contributed by atoms with Crippen LogP contribution in [0, 0.1) is 6.92 Å². The van der Waals surface area contributed by atoms with Gasteiger partial charge in [0.1, 0.15) is 4.90 Å². The summed E-state index contributed by atoms with van der Waals surface area (Å²) >= 11 is 0. The number of nitrogens with zero attached hydrogens (tertiary/aromatic N) is 2. The van der Waals surface area contributed by atoms with E-state index in [1.54, 1.807) is 0 Å². The lowest BCUT2D eigenvalue weighted by atomic mass is 9.94. The molecule has 0 aliphatic carbocycles. The second-order valence-corrected chi connectivity index (χ2v) is 8.47. The molecule has 1 aliphatic heterocycles. The van der Waals surface area contributed by atoms with Crippen LogP contribution >= 0.6 is 0 Å².